The van der Waals surface area contributed by atoms with E-state index >= 15 is 0 Å². The Kier molecular flexibility index (Phi) is 34.2. The molecular formula is C48H92O14. The summed E-state index contributed by atoms with van der Waals surface area (Å²) in [4.78, 5) is 12.6. The third-order valence-corrected chi connectivity index (χ3v) is 12.4. The first-order valence-electron chi connectivity index (χ1n) is 25.1. The second-order valence-corrected chi connectivity index (χ2v) is 18.0. The number of aliphatic hydroxyl groups is 7. The van der Waals surface area contributed by atoms with Crippen LogP contribution in [0.15, 0.2) is 0 Å². The molecule has 2 aliphatic rings. The second kappa shape index (κ2) is 37.1. The Morgan fingerprint density at radius 3 is 1.31 bits per heavy atom. The van der Waals surface area contributed by atoms with Crippen molar-refractivity contribution in [2.24, 2.45) is 0 Å². The van der Waals surface area contributed by atoms with Gasteiger partial charge in [-0.25, -0.2) is 0 Å². The average molecular weight is 893 g/mol. The van der Waals surface area contributed by atoms with Crippen LogP contribution in [0.2, 0.25) is 0 Å². The van der Waals surface area contributed by atoms with Crippen LogP contribution in [0.4, 0.5) is 0 Å². The maximum atomic E-state index is 12.6. The summed E-state index contributed by atoms with van der Waals surface area (Å²) in [5.41, 5.74) is 0. The van der Waals surface area contributed by atoms with Crippen LogP contribution in [-0.2, 0) is 33.2 Å². The Bertz CT molecular complexity index is 1040. The van der Waals surface area contributed by atoms with E-state index in [2.05, 4.69) is 6.92 Å². The standard InChI is InChI=1S/C48H92O14/c1-3-5-7-8-9-10-11-12-13-14-15-16-17-18-19-20-21-22-23-24-25-26-27-28-30-32-57-34-37(60-40(50)31-29-6-4-2)35-58-47-46(56)44(54)42(52)39(62-47)36-59-48-45(55)43(53)41(51)38(33-49)61-48/h37-39,41-49,51-56H,3-36H2,1-2H3. The largest absolute Gasteiger partial charge is 0.457 e. The van der Waals surface area contributed by atoms with Crippen molar-refractivity contribution in [3.05, 3.63) is 0 Å². The number of hydrogen-bond acceptors (Lipinski definition) is 14. The molecule has 0 aromatic heterocycles. The zero-order valence-electron chi connectivity index (χ0n) is 38.9. The Morgan fingerprint density at radius 1 is 0.468 bits per heavy atom. The van der Waals surface area contributed by atoms with Crippen molar-refractivity contribution in [2.75, 3.05) is 33.0 Å². The monoisotopic (exact) mass is 893 g/mol. The zero-order valence-corrected chi connectivity index (χ0v) is 38.9. The molecule has 2 aliphatic heterocycles. The van der Waals surface area contributed by atoms with Crippen LogP contribution in [0.25, 0.3) is 0 Å². The fourth-order valence-electron chi connectivity index (χ4n) is 8.23. The lowest BCUT2D eigenvalue weighted by Crippen LogP contribution is -2.61. The van der Waals surface area contributed by atoms with Gasteiger partial charge in [-0.05, 0) is 12.8 Å². The minimum atomic E-state index is -1.70. The molecule has 11 atom stereocenters. The van der Waals surface area contributed by atoms with Gasteiger partial charge in [-0.2, -0.15) is 0 Å². The van der Waals surface area contributed by atoms with Gasteiger partial charge in [-0.15, -0.1) is 0 Å². The second-order valence-electron chi connectivity index (χ2n) is 18.0. The van der Waals surface area contributed by atoms with Crippen LogP contribution >= 0.6 is 0 Å². The quantitative estimate of drug-likeness (QED) is 0.0246. The number of rotatable bonds is 40. The third kappa shape index (κ3) is 25.0. The molecule has 0 aliphatic carbocycles. The smallest absolute Gasteiger partial charge is 0.306 e. The molecule has 11 unspecified atom stereocenters. The van der Waals surface area contributed by atoms with E-state index in [4.69, 9.17) is 28.4 Å². The van der Waals surface area contributed by atoms with Gasteiger partial charge in [0.15, 0.2) is 12.6 Å². The summed E-state index contributed by atoms with van der Waals surface area (Å²) in [6, 6.07) is 0. The highest BCUT2D eigenvalue weighted by molar-refractivity contribution is 5.69. The Hall–Kier alpha value is -1.01. The third-order valence-electron chi connectivity index (χ3n) is 12.4. The van der Waals surface area contributed by atoms with E-state index in [0.29, 0.717) is 13.0 Å². The fourth-order valence-corrected chi connectivity index (χ4v) is 8.23. The number of unbranched alkanes of at least 4 members (excludes halogenated alkanes) is 26. The van der Waals surface area contributed by atoms with Gasteiger partial charge in [0, 0.05) is 13.0 Å². The molecule has 2 heterocycles. The summed E-state index contributed by atoms with van der Waals surface area (Å²) in [5, 5.41) is 71.6. The van der Waals surface area contributed by atoms with Gasteiger partial charge in [-0.1, -0.05) is 181 Å². The van der Waals surface area contributed by atoms with Gasteiger partial charge in [0.1, 0.15) is 54.9 Å². The van der Waals surface area contributed by atoms with Crippen molar-refractivity contribution in [1.29, 1.82) is 0 Å². The maximum absolute atomic E-state index is 12.6. The van der Waals surface area contributed by atoms with Gasteiger partial charge in [0.2, 0.25) is 0 Å². The summed E-state index contributed by atoms with van der Waals surface area (Å²) in [6.45, 7) is 3.54. The molecule has 2 rings (SSSR count). The number of hydrogen-bond donors (Lipinski definition) is 7. The summed E-state index contributed by atoms with van der Waals surface area (Å²) in [7, 11) is 0. The Morgan fingerprint density at radius 2 is 0.855 bits per heavy atom. The first-order valence-corrected chi connectivity index (χ1v) is 25.1. The molecule has 0 amide bonds. The minimum absolute atomic E-state index is 0.0660. The van der Waals surface area contributed by atoms with Gasteiger partial charge in [0.05, 0.1) is 26.4 Å². The number of carbonyl (C=O) groups is 1. The van der Waals surface area contributed by atoms with Crippen LogP contribution in [0.1, 0.15) is 200 Å². The van der Waals surface area contributed by atoms with Crippen LogP contribution in [0.3, 0.4) is 0 Å². The van der Waals surface area contributed by atoms with E-state index in [-0.39, 0.29) is 19.6 Å². The average Bonchev–Trinajstić information content (AvgIpc) is 3.27. The molecule has 0 aromatic carbocycles. The lowest BCUT2D eigenvalue weighted by atomic mass is 9.98. The summed E-state index contributed by atoms with van der Waals surface area (Å²) in [6.07, 6.45) is 20.1. The predicted octanol–water partition coefficient (Wildman–Crippen LogP) is 6.91. The molecule has 2 fully saturated rings. The molecular weight excluding hydrogens is 801 g/mol. The van der Waals surface area contributed by atoms with Crippen molar-refractivity contribution in [3.63, 3.8) is 0 Å². The summed E-state index contributed by atoms with van der Waals surface area (Å²) >= 11 is 0. The molecule has 0 bridgehead atoms. The first-order chi connectivity index (χ1) is 30.1. The topological polar surface area (TPSA) is 214 Å². The highest BCUT2D eigenvalue weighted by Gasteiger charge is 2.47. The van der Waals surface area contributed by atoms with Crippen molar-refractivity contribution in [1.82, 2.24) is 0 Å². The highest BCUT2D eigenvalue weighted by Crippen LogP contribution is 2.26. The molecule has 14 heteroatoms. The van der Waals surface area contributed by atoms with E-state index in [9.17, 15) is 40.5 Å². The molecule has 368 valence electrons. The molecule has 0 spiro atoms. The number of aliphatic hydroxyl groups excluding tert-OH is 7. The van der Waals surface area contributed by atoms with E-state index in [1.807, 2.05) is 6.92 Å². The molecule has 0 radical (unpaired) electrons. The van der Waals surface area contributed by atoms with Crippen LogP contribution in [0.5, 0.6) is 0 Å². The lowest BCUT2D eigenvalue weighted by Gasteiger charge is -2.42. The van der Waals surface area contributed by atoms with E-state index < -0.39 is 86.7 Å². The summed E-state index contributed by atoms with van der Waals surface area (Å²) in [5.74, 6) is -0.396. The van der Waals surface area contributed by atoms with Gasteiger partial charge in [0.25, 0.3) is 0 Å². The highest BCUT2D eigenvalue weighted by atomic mass is 16.7. The molecule has 7 N–H and O–H groups in total. The van der Waals surface area contributed by atoms with Crippen molar-refractivity contribution in [2.45, 2.75) is 268 Å². The van der Waals surface area contributed by atoms with Crippen LogP contribution in [0, 0.1) is 0 Å². The molecule has 14 nitrogen and oxygen atoms in total. The van der Waals surface area contributed by atoms with E-state index in [0.717, 1.165) is 32.1 Å². The minimum Gasteiger partial charge on any atom is -0.457 e. The molecule has 0 saturated carbocycles. The molecule has 2 saturated heterocycles. The van der Waals surface area contributed by atoms with Crippen molar-refractivity contribution >= 4 is 5.97 Å². The Balaban J connectivity index is 1.56. The van der Waals surface area contributed by atoms with E-state index in [1.54, 1.807) is 0 Å². The number of esters is 1. The first kappa shape index (κ1) is 57.1. The molecule has 62 heavy (non-hydrogen) atoms. The maximum Gasteiger partial charge on any atom is 0.306 e. The van der Waals surface area contributed by atoms with Crippen molar-refractivity contribution in [3.8, 4) is 0 Å². The van der Waals surface area contributed by atoms with Gasteiger partial charge in [-0.3, -0.25) is 4.79 Å². The number of carbonyl (C=O) groups excluding carboxylic acids is 1. The predicted molar refractivity (Wildman–Crippen MR) is 238 cm³/mol. The SMILES string of the molecule is CCCCCCCCCCCCCCCCCCCCCCCCCCCOCC(COC1OC(COC2OC(CO)C(O)C(O)C2O)C(O)C(O)C1O)OC(=O)CCCCC. The fraction of sp³-hybridized carbons (Fsp3) is 0.979. The number of ether oxygens (including phenoxy) is 6. The normalized spacial score (nSPS) is 27.1. The molecule has 0 aromatic rings. The van der Waals surface area contributed by atoms with Crippen LogP contribution in [-0.4, -0.2) is 142 Å². The van der Waals surface area contributed by atoms with Crippen LogP contribution < -0.4 is 0 Å². The van der Waals surface area contributed by atoms with E-state index in [1.165, 1.54) is 141 Å². The summed E-state index contributed by atoms with van der Waals surface area (Å²) < 4.78 is 33.9. The van der Waals surface area contributed by atoms with Gasteiger partial charge < -0.3 is 64.2 Å². The van der Waals surface area contributed by atoms with Gasteiger partial charge >= 0.3 is 5.97 Å². The lowest BCUT2D eigenvalue weighted by molar-refractivity contribution is -0.332. The Labute approximate surface area is 374 Å². The zero-order chi connectivity index (χ0) is 45.2. The van der Waals surface area contributed by atoms with Crippen molar-refractivity contribution < 1.29 is 69.0 Å².